The third kappa shape index (κ3) is 4.47. The van der Waals surface area contributed by atoms with Crippen molar-refractivity contribution in [3.8, 4) is 17.2 Å². The van der Waals surface area contributed by atoms with E-state index in [1.165, 1.54) is 0 Å². The van der Waals surface area contributed by atoms with E-state index in [1.807, 2.05) is 73.8 Å². The van der Waals surface area contributed by atoms with Crippen molar-refractivity contribution in [2.24, 2.45) is 0 Å². The summed E-state index contributed by atoms with van der Waals surface area (Å²) in [5, 5.41) is 4.21. The molecule has 0 saturated carbocycles. The number of benzene rings is 3. The van der Waals surface area contributed by atoms with Gasteiger partial charge in [-0.3, -0.25) is 4.98 Å². The molecule has 2 atom stereocenters. The Morgan fingerprint density at radius 3 is 2.30 bits per heavy atom. The number of aryl methyl sites for hydroxylation is 1. The van der Waals surface area contributed by atoms with Crippen LogP contribution in [-0.2, 0) is 0 Å². The number of ether oxygens (including phenoxy) is 1. The Morgan fingerprint density at radius 2 is 1.54 bits per heavy atom. The van der Waals surface area contributed by atoms with Crippen molar-refractivity contribution in [1.29, 1.82) is 0 Å². The molecule has 0 aliphatic carbocycles. The Labute approximate surface area is 222 Å². The van der Waals surface area contributed by atoms with Gasteiger partial charge in [-0.1, -0.05) is 42.5 Å². The van der Waals surface area contributed by atoms with Gasteiger partial charge < -0.3 is 19.5 Å². The van der Waals surface area contributed by atoms with E-state index in [9.17, 15) is 0 Å². The summed E-state index contributed by atoms with van der Waals surface area (Å²) < 4.78 is 8.36. The summed E-state index contributed by atoms with van der Waals surface area (Å²) in [7, 11) is 0. The third-order valence-corrected chi connectivity index (χ3v) is 6.97. The molecule has 0 bridgehead atoms. The zero-order valence-corrected chi connectivity index (χ0v) is 21.2. The Balaban J connectivity index is 1.39. The number of hydrogen-bond donors (Lipinski definition) is 1. The molecule has 0 radical (unpaired) electrons. The van der Waals surface area contributed by atoms with Crippen molar-refractivity contribution in [2.75, 3.05) is 4.90 Å². The highest BCUT2D eigenvalue weighted by atomic mass is 32.1. The van der Waals surface area contributed by atoms with Gasteiger partial charge in [-0.2, -0.15) is 0 Å². The molecule has 1 saturated heterocycles. The normalized spacial score (nSPS) is 17.0. The second kappa shape index (κ2) is 9.91. The Kier molecular flexibility index (Phi) is 6.16. The van der Waals surface area contributed by atoms with Gasteiger partial charge in [0.2, 0.25) is 0 Å². The molecule has 182 valence electrons. The molecule has 1 N–H and O–H groups in total. The van der Waals surface area contributed by atoms with Crippen LogP contribution in [0.15, 0.2) is 122 Å². The topological polar surface area (TPSA) is 42.3 Å². The highest BCUT2D eigenvalue weighted by Crippen LogP contribution is 2.42. The molecule has 3 heterocycles. The van der Waals surface area contributed by atoms with Crippen LogP contribution >= 0.6 is 12.2 Å². The number of para-hydroxylation sites is 2. The van der Waals surface area contributed by atoms with Crippen molar-refractivity contribution in [3.63, 3.8) is 0 Å². The minimum atomic E-state index is -0.117. The first-order valence-corrected chi connectivity index (χ1v) is 12.7. The van der Waals surface area contributed by atoms with Crippen molar-refractivity contribution >= 4 is 23.0 Å². The average molecular weight is 503 g/mol. The maximum absolute atomic E-state index is 6.14. The maximum atomic E-state index is 6.14. The second-order valence-corrected chi connectivity index (χ2v) is 9.38. The minimum absolute atomic E-state index is 0.110. The summed E-state index contributed by atoms with van der Waals surface area (Å²) in [5.74, 6) is 1.63. The lowest BCUT2D eigenvalue weighted by Gasteiger charge is -2.29. The Morgan fingerprint density at radius 1 is 0.784 bits per heavy atom. The van der Waals surface area contributed by atoms with Crippen molar-refractivity contribution in [1.82, 2.24) is 14.9 Å². The second-order valence-electron chi connectivity index (χ2n) is 9.00. The van der Waals surface area contributed by atoms with Gasteiger partial charge in [-0.15, -0.1) is 0 Å². The van der Waals surface area contributed by atoms with Crippen molar-refractivity contribution in [2.45, 2.75) is 19.0 Å². The number of rotatable bonds is 6. The van der Waals surface area contributed by atoms with E-state index in [4.69, 9.17) is 17.0 Å². The predicted octanol–water partition coefficient (Wildman–Crippen LogP) is 7.15. The quantitative estimate of drug-likeness (QED) is 0.250. The van der Waals surface area contributed by atoms with Crippen molar-refractivity contribution in [3.05, 3.63) is 139 Å². The number of anilines is 1. The lowest BCUT2D eigenvalue weighted by atomic mass is 10.0. The van der Waals surface area contributed by atoms with Crippen LogP contribution in [0.4, 0.5) is 5.69 Å². The number of thiocarbonyl (C=S) groups is 1. The van der Waals surface area contributed by atoms with Gasteiger partial charge in [0.15, 0.2) is 5.11 Å². The first-order valence-electron chi connectivity index (χ1n) is 12.3. The molecule has 2 unspecified atom stereocenters. The van der Waals surface area contributed by atoms with E-state index < -0.39 is 0 Å². The van der Waals surface area contributed by atoms with Crippen LogP contribution in [0.25, 0.3) is 5.69 Å². The van der Waals surface area contributed by atoms with Crippen LogP contribution < -0.4 is 15.0 Å². The van der Waals surface area contributed by atoms with Crippen molar-refractivity contribution < 1.29 is 4.74 Å². The molecule has 3 aromatic carbocycles. The van der Waals surface area contributed by atoms with Gasteiger partial charge in [0.25, 0.3) is 0 Å². The smallest absolute Gasteiger partial charge is 0.174 e. The average Bonchev–Trinajstić information content (AvgIpc) is 3.56. The highest BCUT2D eigenvalue weighted by Gasteiger charge is 2.42. The number of nitrogens with zero attached hydrogens (tertiary/aromatic N) is 3. The molecule has 1 aliphatic heterocycles. The maximum Gasteiger partial charge on any atom is 0.174 e. The molecular formula is C31H26N4OS. The summed E-state index contributed by atoms with van der Waals surface area (Å²) >= 11 is 5.91. The van der Waals surface area contributed by atoms with E-state index in [1.54, 1.807) is 0 Å². The monoisotopic (exact) mass is 502 g/mol. The van der Waals surface area contributed by atoms with Crippen LogP contribution in [0.2, 0.25) is 0 Å². The number of hydrogen-bond acceptors (Lipinski definition) is 3. The molecule has 0 spiro atoms. The fraction of sp³-hybridized carbons (Fsp3) is 0.0968. The standard InChI is InChI=1S/C31H26N4OS/c1-22-10-5-6-15-28(22)36-25-18-16-24(17-19-25)35-30(29(33-31(35)37)26-13-7-8-20-32-26)27-14-9-21-34(27)23-11-3-2-4-12-23/h2-21,29-30H,1H3,(H,33,37). The van der Waals surface area contributed by atoms with E-state index in [-0.39, 0.29) is 12.1 Å². The lowest BCUT2D eigenvalue weighted by molar-refractivity contribution is 0.479. The lowest BCUT2D eigenvalue weighted by Crippen LogP contribution is -2.30. The summed E-state index contributed by atoms with van der Waals surface area (Å²) in [6.07, 6.45) is 3.92. The zero-order valence-electron chi connectivity index (χ0n) is 20.4. The molecule has 0 amide bonds. The van der Waals surface area contributed by atoms with E-state index >= 15 is 0 Å². The van der Waals surface area contributed by atoms with Gasteiger partial charge >= 0.3 is 0 Å². The van der Waals surface area contributed by atoms with Gasteiger partial charge in [0.05, 0.1) is 11.7 Å². The first kappa shape index (κ1) is 23.0. The van der Waals surface area contributed by atoms with Crippen LogP contribution in [0.5, 0.6) is 11.5 Å². The molecule has 6 heteroatoms. The van der Waals surface area contributed by atoms with Gasteiger partial charge in [0.1, 0.15) is 17.5 Å². The fourth-order valence-corrected chi connectivity index (χ4v) is 5.21. The number of nitrogens with one attached hydrogen (secondary N) is 1. The molecule has 2 aromatic heterocycles. The molecule has 1 fully saturated rings. The van der Waals surface area contributed by atoms with Gasteiger partial charge in [-0.25, -0.2) is 0 Å². The molecule has 37 heavy (non-hydrogen) atoms. The molecule has 5 aromatic rings. The van der Waals surface area contributed by atoms with E-state index in [0.717, 1.165) is 39.8 Å². The minimum Gasteiger partial charge on any atom is -0.457 e. The number of aromatic nitrogens is 2. The summed E-state index contributed by atoms with van der Waals surface area (Å²) in [4.78, 5) is 6.86. The zero-order chi connectivity index (χ0) is 25.2. The number of pyridine rings is 1. The van der Waals surface area contributed by atoms with Crippen LogP contribution in [0.3, 0.4) is 0 Å². The first-order chi connectivity index (χ1) is 18.2. The predicted molar refractivity (Wildman–Crippen MR) is 151 cm³/mol. The van der Waals surface area contributed by atoms with Gasteiger partial charge in [0, 0.05) is 29.5 Å². The van der Waals surface area contributed by atoms with Crippen LogP contribution in [0, 0.1) is 6.92 Å². The third-order valence-electron chi connectivity index (χ3n) is 6.65. The molecule has 1 aliphatic rings. The summed E-state index contributed by atoms with van der Waals surface area (Å²) in [5.41, 5.74) is 5.24. The highest BCUT2D eigenvalue weighted by molar-refractivity contribution is 7.80. The Bertz CT molecular complexity index is 1520. The Hall–Kier alpha value is -4.42. The van der Waals surface area contributed by atoms with E-state index in [0.29, 0.717) is 5.11 Å². The van der Waals surface area contributed by atoms with Crippen LogP contribution in [0.1, 0.15) is 29.0 Å². The molecular weight excluding hydrogens is 476 g/mol. The molecule has 5 nitrogen and oxygen atoms in total. The largest absolute Gasteiger partial charge is 0.457 e. The SMILES string of the molecule is Cc1ccccc1Oc1ccc(N2C(=S)NC(c3ccccn3)C2c2cccn2-c2ccccc2)cc1. The molecule has 6 rings (SSSR count). The summed E-state index contributed by atoms with van der Waals surface area (Å²) in [6, 6.07) is 36.5. The van der Waals surface area contributed by atoms with E-state index in [2.05, 4.69) is 74.5 Å². The summed E-state index contributed by atoms with van der Waals surface area (Å²) in [6.45, 7) is 2.04. The fourth-order valence-electron chi connectivity index (χ4n) is 4.86. The van der Waals surface area contributed by atoms with Crippen LogP contribution in [-0.4, -0.2) is 14.7 Å². The van der Waals surface area contributed by atoms with Gasteiger partial charge in [-0.05, 0) is 91.4 Å².